The summed E-state index contributed by atoms with van der Waals surface area (Å²) in [5.41, 5.74) is 3.81. The molecule has 2 aromatic rings. The average Bonchev–Trinajstić information content (AvgIpc) is 2.79. The van der Waals surface area contributed by atoms with Crippen LogP contribution in [-0.4, -0.2) is 49.2 Å². The Labute approximate surface area is 172 Å². The van der Waals surface area contributed by atoms with Crippen LogP contribution >= 0.6 is 0 Å². The summed E-state index contributed by atoms with van der Waals surface area (Å²) in [6, 6.07) is 20.0. The number of rotatable bonds is 4. The van der Waals surface area contributed by atoms with Gasteiger partial charge in [0.2, 0.25) is 5.91 Å². The third kappa shape index (κ3) is 3.87. The minimum Gasteiger partial charge on any atom is -0.381 e. The van der Waals surface area contributed by atoms with E-state index in [0.29, 0.717) is 23.9 Å². The highest BCUT2D eigenvalue weighted by Crippen LogP contribution is 2.37. The fourth-order valence-corrected chi connectivity index (χ4v) is 4.96. The topological polar surface area (TPSA) is 41.6 Å². The number of carbonyl (C=O) groups excluding carboxylic acids is 1. The summed E-state index contributed by atoms with van der Waals surface area (Å²) < 4.78 is 5.41. The number of hydrogen-bond acceptors (Lipinski definition) is 3. The number of hydrogen-bond donors (Lipinski definition) is 1. The number of carbonyl (C=O) groups is 1. The van der Waals surface area contributed by atoms with Crippen LogP contribution in [0.3, 0.4) is 0 Å². The predicted octanol–water partition coefficient (Wildman–Crippen LogP) is 3.55. The van der Waals surface area contributed by atoms with Crippen molar-refractivity contribution in [2.75, 3.05) is 26.3 Å². The van der Waals surface area contributed by atoms with Crippen molar-refractivity contribution in [3.05, 3.63) is 71.3 Å². The Bertz CT molecular complexity index is 859. The normalized spacial score (nSPS) is 27.0. The van der Waals surface area contributed by atoms with Gasteiger partial charge in [0.1, 0.15) is 0 Å². The van der Waals surface area contributed by atoms with Gasteiger partial charge in [-0.25, -0.2) is 0 Å². The largest absolute Gasteiger partial charge is 0.381 e. The molecule has 4 heterocycles. The fourth-order valence-electron chi connectivity index (χ4n) is 4.96. The molecule has 1 unspecified atom stereocenters. The molecular formula is C25H28N2O2. The molecule has 4 saturated heterocycles. The number of benzene rings is 2. The molecule has 0 radical (unpaired) electrons. The Kier molecular flexibility index (Phi) is 5.21. The minimum absolute atomic E-state index is 0.162. The molecule has 29 heavy (non-hydrogen) atoms. The van der Waals surface area contributed by atoms with Crippen LogP contribution < -0.4 is 5.32 Å². The summed E-state index contributed by atoms with van der Waals surface area (Å²) in [7, 11) is 0. The van der Waals surface area contributed by atoms with Gasteiger partial charge in [-0.15, -0.1) is 0 Å². The SMILES string of the molecule is O=C(C1CCOCC1)N1C[C@@H]2N[C@H](C1)C2c1ccc(/C=C/c2ccccc2)cc1. The van der Waals surface area contributed by atoms with Crippen molar-refractivity contribution in [1.29, 1.82) is 0 Å². The van der Waals surface area contributed by atoms with Crippen LogP contribution in [0.2, 0.25) is 0 Å². The number of nitrogens with zero attached hydrogens (tertiary/aromatic N) is 1. The molecule has 4 nitrogen and oxygen atoms in total. The van der Waals surface area contributed by atoms with Gasteiger partial charge < -0.3 is 15.0 Å². The molecule has 0 spiro atoms. The highest BCUT2D eigenvalue weighted by atomic mass is 16.5. The Morgan fingerprint density at radius 2 is 1.52 bits per heavy atom. The van der Waals surface area contributed by atoms with Gasteiger partial charge in [-0.05, 0) is 29.5 Å². The quantitative estimate of drug-likeness (QED) is 0.815. The second-order valence-electron chi connectivity index (χ2n) is 8.45. The van der Waals surface area contributed by atoms with Crippen molar-refractivity contribution >= 4 is 18.1 Å². The highest BCUT2D eigenvalue weighted by molar-refractivity contribution is 5.79. The zero-order valence-electron chi connectivity index (χ0n) is 16.7. The Hall–Kier alpha value is -2.43. The van der Waals surface area contributed by atoms with Crippen LogP contribution in [0.4, 0.5) is 0 Å². The molecule has 4 aliphatic rings. The smallest absolute Gasteiger partial charge is 0.225 e. The van der Waals surface area contributed by atoms with E-state index < -0.39 is 0 Å². The molecule has 0 aromatic heterocycles. The van der Waals surface area contributed by atoms with E-state index in [1.54, 1.807) is 0 Å². The number of ether oxygens (including phenoxy) is 1. The zero-order valence-corrected chi connectivity index (χ0v) is 16.7. The van der Waals surface area contributed by atoms with Crippen LogP contribution in [0.15, 0.2) is 54.6 Å². The first-order valence-corrected chi connectivity index (χ1v) is 10.7. The molecule has 6 rings (SSSR count). The number of amides is 1. The van der Waals surface area contributed by atoms with Crippen LogP contribution in [0.25, 0.3) is 12.2 Å². The van der Waals surface area contributed by atoms with E-state index in [4.69, 9.17) is 4.74 Å². The monoisotopic (exact) mass is 388 g/mol. The lowest BCUT2D eigenvalue weighted by Gasteiger charge is -2.55. The van der Waals surface area contributed by atoms with Gasteiger partial charge in [-0.1, -0.05) is 66.7 Å². The Morgan fingerprint density at radius 1 is 0.897 bits per heavy atom. The summed E-state index contributed by atoms with van der Waals surface area (Å²) in [5, 5.41) is 3.64. The summed E-state index contributed by atoms with van der Waals surface area (Å²) in [4.78, 5) is 14.9. The van der Waals surface area contributed by atoms with E-state index in [1.807, 2.05) is 6.07 Å². The van der Waals surface area contributed by atoms with E-state index in [0.717, 1.165) is 39.1 Å². The Balaban J connectivity index is 1.21. The van der Waals surface area contributed by atoms with E-state index in [1.165, 1.54) is 16.7 Å². The van der Waals surface area contributed by atoms with Gasteiger partial charge in [0.05, 0.1) is 0 Å². The highest BCUT2D eigenvalue weighted by Gasteiger charge is 2.48. The van der Waals surface area contributed by atoms with Crippen molar-refractivity contribution in [3.8, 4) is 0 Å². The van der Waals surface area contributed by atoms with Gasteiger partial charge in [-0.3, -0.25) is 4.79 Å². The summed E-state index contributed by atoms with van der Waals surface area (Å²) in [6.07, 6.45) is 6.06. The first kappa shape index (κ1) is 18.6. The lowest BCUT2D eigenvalue weighted by atomic mass is 9.73. The van der Waals surface area contributed by atoms with Crippen molar-refractivity contribution in [2.24, 2.45) is 5.92 Å². The Morgan fingerprint density at radius 3 is 2.17 bits per heavy atom. The lowest BCUT2D eigenvalue weighted by molar-refractivity contribution is -0.143. The molecule has 150 valence electrons. The fraction of sp³-hybridized carbons (Fsp3) is 0.400. The number of nitrogens with one attached hydrogen (secondary N) is 1. The predicted molar refractivity (Wildman–Crippen MR) is 115 cm³/mol. The maximum absolute atomic E-state index is 12.8. The molecule has 4 heteroatoms. The van der Waals surface area contributed by atoms with Crippen LogP contribution in [0, 0.1) is 5.92 Å². The molecule has 4 aliphatic heterocycles. The van der Waals surface area contributed by atoms with Crippen molar-refractivity contribution in [2.45, 2.75) is 30.8 Å². The number of piperazine rings is 1. The second-order valence-corrected chi connectivity index (χ2v) is 8.45. The molecule has 0 aliphatic carbocycles. The van der Waals surface area contributed by atoms with Gasteiger partial charge in [0.25, 0.3) is 0 Å². The molecule has 3 atom stereocenters. The number of fused-ring (bicyclic) bond motifs is 2. The molecule has 2 aromatic carbocycles. The van der Waals surface area contributed by atoms with E-state index in [2.05, 4.69) is 70.9 Å². The minimum atomic E-state index is 0.162. The maximum Gasteiger partial charge on any atom is 0.225 e. The molecule has 1 N–H and O–H groups in total. The summed E-state index contributed by atoms with van der Waals surface area (Å²) >= 11 is 0. The van der Waals surface area contributed by atoms with Crippen molar-refractivity contribution < 1.29 is 9.53 Å². The molecule has 4 fully saturated rings. The second kappa shape index (κ2) is 8.13. The van der Waals surface area contributed by atoms with E-state index >= 15 is 0 Å². The molecule has 2 bridgehead atoms. The average molecular weight is 389 g/mol. The van der Waals surface area contributed by atoms with Crippen LogP contribution in [0.1, 0.15) is 35.4 Å². The van der Waals surface area contributed by atoms with Gasteiger partial charge in [0.15, 0.2) is 0 Å². The third-order valence-electron chi connectivity index (χ3n) is 6.60. The van der Waals surface area contributed by atoms with Gasteiger partial charge >= 0.3 is 0 Å². The first-order chi connectivity index (χ1) is 14.3. The third-order valence-corrected chi connectivity index (χ3v) is 6.60. The van der Waals surface area contributed by atoms with E-state index in [9.17, 15) is 4.79 Å². The molecule has 0 saturated carbocycles. The molecular weight excluding hydrogens is 360 g/mol. The first-order valence-electron chi connectivity index (χ1n) is 10.7. The standard InChI is InChI=1S/C25H28N2O2/c28-25(21-12-14-29-15-13-21)27-16-22-24(23(17-27)26-22)20-10-8-19(9-11-20)7-6-18-4-2-1-3-5-18/h1-11,21-24,26H,12-17H2/b7-6+/t22-,23+,24?. The zero-order chi connectivity index (χ0) is 19.6. The van der Waals surface area contributed by atoms with Gasteiger partial charge in [0, 0.05) is 50.2 Å². The van der Waals surface area contributed by atoms with E-state index in [-0.39, 0.29) is 5.92 Å². The van der Waals surface area contributed by atoms with Crippen molar-refractivity contribution in [3.63, 3.8) is 0 Å². The van der Waals surface area contributed by atoms with Crippen LogP contribution in [0.5, 0.6) is 0 Å². The van der Waals surface area contributed by atoms with Gasteiger partial charge in [-0.2, -0.15) is 0 Å². The number of piperidine rings is 1. The summed E-state index contributed by atoms with van der Waals surface area (Å²) in [6.45, 7) is 3.10. The molecule has 1 amide bonds. The maximum atomic E-state index is 12.8. The summed E-state index contributed by atoms with van der Waals surface area (Å²) in [5.74, 6) is 1.01. The lowest BCUT2D eigenvalue weighted by Crippen LogP contribution is -2.72. The van der Waals surface area contributed by atoms with Crippen LogP contribution in [-0.2, 0) is 9.53 Å². The van der Waals surface area contributed by atoms with Crippen molar-refractivity contribution in [1.82, 2.24) is 10.2 Å².